The second-order valence-corrected chi connectivity index (χ2v) is 12.3. The van der Waals surface area contributed by atoms with Gasteiger partial charge in [-0.1, -0.05) is 129 Å². The van der Waals surface area contributed by atoms with Gasteiger partial charge in [-0.15, -0.1) is 0 Å². The summed E-state index contributed by atoms with van der Waals surface area (Å²) in [5.41, 5.74) is 11.4. The van der Waals surface area contributed by atoms with Crippen LogP contribution in [-0.2, 0) is 5.41 Å². The molecule has 0 atom stereocenters. The zero-order valence-corrected chi connectivity index (χ0v) is 24.6. The van der Waals surface area contributed by atoms with Gasteiger partial charge >= 0.3 is 0 Å². The first-order chi connectivity index (χ1) is 21.6. The molecule has 0 fully saturated rings. The Morgan fingerprint density at radius 1 is 0.500 bits per heavy atom. The van der Waals surface area contributed by atoms with E-state index in [1.165, 1.54) is 43.8 Å². The maximum Gasteiger partial charge on any atom is 0.235 e. The lowest BCUT2D eigenvalue weighted by Crippen LogP contribution is -2.14. The number of nitrogens with zero attached hydrogens (tertiary/aromatic N) is 3. The molecule has 2 heterocycles. The van der Waals surface area contributed by atoms with Crippen molar-refractivity contribution in [1.29, 1.82) is 0 Å². The van der Waals surface area contributed by atoms with E-state index in [0.29, 0.717) is 5.95 Å². The van der Waals surface area contributed by atoms with Gasteiger partial charge in [0.2, 0.25) is 5.95 Å². The SMILES string of the molecule is CC1(C)c2cc3c4ccccc4n(-c4nc(-c5ccccc5)cc(-c5ccccc5)n4)c3cc2-c2c1ccc1ccccc21. The zero-order chi connectivity index (χ0) is 29.4. The molecule has 1 aliphatic carbocycles. The van der Waals surface area contributed by atoms with Crippen molar-refractivity contribution in [2.45, 2.75) is 19.3 Å². The van der Waals surface area contributed by atoms with E-state index in [1.807, 2.05) is 12.1 Å². The van der Waals surface area contributed by atoms with Gasteiger partial charge in [-0.05, 0) is 57.3 Å². The van der Waals surface area contributed by atoms with Gasteiger partial charge < -0.3 is 0 Å². The van der Waals surface area contributed by atoms with Crippen LogP contribution in [0.5, 0.6) is 0 Å². The number of fused-ring (bicyclic) bond motifs is 8. The third-order valence-corrected chi connectivity index (χ3v) is 9.41. The molecule has 3 nitrogen and oxygen atoms in total. The fourth-order valence-corrected chi connectivity index (χ4v) is 7.23. The number of benzene rings is 6. The fourth-order valence-electron chi connectivity index (χ4n) is 7.23. The second-order valence-electron chi connectivity index (χ2n) is 12.3. The summed E-state index contributed by atoms with van der Waals surface area (Å²) >= 11 is 0. The number of para-hydroxylation sites is 1. The van der Waals surface area contributed by atoms with E-state index in [-0.39, 0.29) is 5.41 Å². The molecule has 208 valence electrons. The van der Waals surface area contributed by atoms with Crippen LogP contribution in [0, 0.1) is 0 Å². The largest absolute Gasteiger partial charge is 0.278 e. The molecule has 2 aromatic heterocycles. The Kier molecular flexibility index (Phi) is 5.24. The van der Waals surface area contributed by atoms with Crippen LogP contribution in [0.2, 0.25) is 0 Å². The van der Waals surface area contributed by atoms with Gasteiger partial charge in [0.1, 0.15) is 0 Å². The Bertz CT molecular complexity index is 2340. The number of rotatable bonds is 3. The summed E-state index contributed by atoms with van der Waals surface area (Å²) < 4.78 is 2.26. The maximum absolute atomic E-state index is 5.24. The van der Waals surface area contributed by atoms with Crippen LogP contribution < -0.4 is 0 Å². The normalized spacial score (nSPS) is 13.4. The quantitative estimate of drug-likeness (QED) is 0.214. The highest BCUT2D eigenvalue weighted by Gasteiger charge is 2.37. The summed E-state index contributed by atoms with van der Waals surface area (Å²) in [5.74, 6) is 0.673. The molecule has 0 aliphatic heterocycles. The van der Waals surface area contributed by atoms with E-state index >= 15 is 0 Å². The Hall–Kier alpha value is -5.54. The maximum atomic E-state index is 5.24. The Morgan fingerprint density at radius 2 is 1.11 bits per heavy atom. The van der Waals surface area contributed by atoms with Crippen LogP contribution in [0.1, 0.15) is 25.0 Å². The van der Waals surface area contributed by atoms with E-state index in [9.17, 15) is 0 Å². The molecule has 0 saturated heterocycles. The lowest BCUT2D eigenvalue weighted by molar-refractivity contribution is 0.661. The molecule has 1 aliphatic rings. The van der Waals surface area contributed by atoms with E-state index in [1.54, 1.807) is 0 Å². The molecule has 3 heteroatoms. The lowest BCUT2D eigenvalue weighted by atomic mass is 9.81. The molecule has 44 heavy (non-hydrogen) atoms. The monoisotopic (exact) mass is 563 g/mol. The minimum absolute atomic E-state index is 0.115. The molecule has 0 amide bonds. The summed E-state index contributed by atoms with van der Waals surface area (Å²) in [6.07, 6.45) is 0. The fraction of sp³-hybridized carbons (Fsp3) is 0.0732. The van der Waals surface area contributed by atoms with Gasteiger partial charge in [0.25, 0.3) is 0 Å². The third-order valence-electron chi connectivity index (χ3n) is 9.41. The average molecular weight is 564 g/mol. The van der Waals surface area contributed by atoms with Crippen molar-refractivity contribution in [2.24, 2.45) is 0 Å². The number of hydrogen-bond donors (Lipinski definition) is 0. The van der Waals surface area contributed by atoms with Crippen LogP contribution in [0.25, 0.3) is 72.2 Å². The third kappa shape index (κ3) is 3.56. The first-order valence-electron chi connectivity index (χ1n) is 15.2. The van der Waals surface area contributed by atoms with Crippen LogP contribution in [-0.4, -0.2) is 14.5 Å². The number of aromatic nitrogens is 3. The van der Waals surface area contributed by atoms with Crippen molar-refractivity contribution in [2.75, 3.05) is 0 Å². The smallest absolute Gasteiger partial charge is 0.235 e. The van der Waals surface area contributed by atoms with Crippen molar-refractivity contribution < 1.29 is 0 Å². The highest BCUT2D eigenvalue weighted by molar-refractivity contribution is 6.13. The van der Waals surface area contributed by atoms with Crippen molar-refractivity contribution in [3.05, 3.63) is 151 Å². The molecule has 8 aromatic rings. The molecule has 9 rings (SSSR count). The minimum atomic E-state index is -0.115. The van der Waals surface area contributed by atoms with Crippen molar-refractivity contribution in [3.63, 3.8) is 0 Å². The summed E-state index contributed by atoms with van der Waals surface area (Å²) in [6.45, 7) is 4.71. The molecular formula is C41H29N3. The zero-order valence-electron chi connectivity index (χ0n) is 24.6. The summed E-state index contributed by atoms with van der Waals surface area (Å²) in [6, 6.07) is 49.7. The predicted molar refractivity (Wildman–Crippen MR) is 182 cm³/mol. The number of hydrogen-bond acceptors (Lipinski definition) is 2. The van der Waals surface area contributed by atoms with Crippen molar-refractivity contribution in [1.82, 2.24) is 14.5 Å². The highest BCUT2D eigenvalue weighted by Crippen LogP contribution is 2.53. The van der Waals surface area contributed by atoms with Crippen molar-refractivity contribution in [3.8, 4) is 39.6 Å². The Balaban J connectivity index is 1.39. The standard InChI is InChI=1S/C41H29N3/c1-41(2)33-22-21-26-13-9-10-18-29(26)39(33)32-24-38-31(23-34(32)41)30-19-11-12-20-37(30)44(38)40-42-35(27-14-5-3-6-15-27)25-36(43-40)28-16-7-4-8-17-28/h3-25H,1-2H3. The van der Waals surface area contributed by atoms with Gasteiger partial charge in [0.05, 0.1) is 22.4 Å². The van der Waals surface area contributed by atoms with Crippen LogP contribution in [0.15, 0.2) is 140 Å². The van der Waals surface area contributed by atoms with Crippen LogP contribution >= 0.6 is 0 Å². The van der Waals surface area contributed by atoms with Gasteiger partial charge in [-0.2, -0.15) is 0 Å². The van der Waals surface area contributed by atoms with Gasteiger partial charge in [-0.25, -0.2) is 9.97 Å². The second kappa shape index (κ2) is 9.23. The predicted octanol–water partition coefficient (Wildman–Crippen LogP) is 10.4. The van der Waals surface area contributed by atoms with Gasteiger partial charge in [0, 0.05) is 27.3 Å². The molecule has 0 saturated carbocycles. The van der Waals surface area contributed by atoms with E-state index in [0.717, 1.165) is 33.5 Å². The first kappa shape index (κ1) is 25.0. The van der Waals surface area contributed by atoms with Crippen LogP contribution in [0.3, 0.4) is 0 Å². The van der Waals surface area contributed by atoms with Crippen molar-refractivity contribution >= 4 is 32.6 Å². The van der Waals surface area contributed by atoms with E-state index in [2.05, 4.69) is 146 Å². The molecule has 0 unspecified atom stereocenters. The Morgan fingerprint density at radius 3 is 1.82 bits per heavy atom. The summed E-state index contributed by atoms with van der Waals surface area (Å²) in [4.78, 5) is 10.5. The average Bonchev–Trinajstić information content (AvgIpc) is 3.52. The minimum Gasteiger partial charge on any atom is -0.278 e. The highest BCUT2D eigenvalue weighted by atomic mass is 15.2. The molecule has 0 N–H and O–H groups in total. The summed E-state index contributed by atoms with van der Waals surface area (Å²) in [5, 5.41) is 4.99. The van der Waals surface area contributed by atoms with E-state index < -0.39 is 0 Å². The van der Waals surface area contributed by atoms with E-state index in [4.69, 9.17) is 9.97 Å². The molecule has 6 aromatic carbocycles. The lowest BCUT2D eigenvalue weighted by Gasteiger charge is -2.21. The molecular weight excluding hydrogens is 534 g/mol. The molecule has 0 radical (unpaired) electrons. The summed E-state index contributed by atoms with van der Waals surface area (Å²) in [7, 11) is 0. The molecule has 0 spiro atoms. The van der Waals surface area contributed by atoms with Gasteiger partial charge in [0.15, 0.2) is 0 Å². The topological polar surface area (TPSA) is 30.7 Å². The first-order valence-corrected chi connectivity index (χ1v) is 15.2. The van der Waals surface area contributed by atoms with Crippen LogP contribution in [0.4, 0.5) is 0 Å². The van der Waals surface area contributed by atoms with Gasteiger partial charge in [-0.3, -0.25) is 4.57 Å². The Labute approximate surface area is 256 Å². The molecule has 0 bridgehead atoms.